The molecule has 0 aliphatic heterocycles. The van der Waals surface area contributed by atoms with Crippen molar-refractivity contribution in [2.24, 2.45) is 0 Å². The van der Waals surface area contributed by atoms with E-state index in [0.29, 0.717) is 10.0 Å². The first-order chi connectivity index (χ1) is 9.79. The van der Waals surface area contributed by atoms with Gasteiger partial charge >= 0.3 is 0 Å². The summed E-state index contributed by atoms with van der Waals surface area (Å²) in [5, 5.41) is 5.04. The Morgan fingerprint density at radius 3 is 2.33 bits per heavy atom. The highest BCUT2D eigenvalue weighted by Crippen LogP contribution is 2.33. The van der Waals surface area contributed by atoms with Crippen LogP contribution in [0.3, 0.4) is 0 Å². The number of benzene rings is 1. The highest BCUT2D eigenvalue weighted by atomic mass is 35.5. The van der Waals surface area contributed by atoms with Gasteiger partial charge in [0.15, 0.2) is 0 Å². The number of rotatable bonds is 3. The molecule has 0 atom stereocenters. The van der Waals surface area contributed by atoms with Gasteiger partial charge in [-0.1, -0.05) is 55.7 Å². The molecule has 2 aromatic rings. The van der Waals surface area contributed by atoms with Gasteiger partial charge in [0.1, 0.15) is 16.7 Å². The Balaban J connectivity index is 2.36. The molecule has 1 aromatic heterocycles. The summed E-state index contributed by atoms with van der Waals surface area (Å²) < 4.78 is 0. The highest BCUT2D eigenvalue weighted by molar-refractivity contribution is 7.99. The Kier molecular flexibility index (Phi) is 5.02. The molecule has 112 valence electrons. The van der Waals surface area contributed by atoms with Crippen LogP contribution in [0.15, 0.2) is 34.2 Å². The van der Waals surface area contributed by atoms with E-state index in [0.717, 1.165) is 21.6 Å². The molecule has 1 N–H and O–H groups in total. The first-order valence-electron chi connectivity index (χ1n) is 6.50. The summed E-state index contributed by atoms with van der Waals surface area (Å²) in [6.07, 6.45) is 0. The second-order valence-corrected chi connectivity index (χ2v) is 7.50. The van der Waals surface area contributed by atoms with Gasteiger partial charge in [0.2, 0.25) is 0 Å². The Labute approximate surface area is 139 Å². The maximum Gasteiger partial charge on any atom is 0.137 e. The van der Waals surface area contributed by atoms with Crippen molar-refractivity contribution in [1.29, 1.82) is 0 Å². The van der Waals surface area contributed by atoms with Gasteiger partial charge in [0, 0.05) is 23.4 Å². The third-order valence-corrected chi connectivity index (χ3v) is 4.39. The zero-order chi connectivity index (χ0) is 15.6. The molecule has 0 aliphatic rings. The Morgan fingerprint density at radius 2 is 1.76 bits per heavy atom. The SMILES string of the molecule is CNc1cc(Sc2ccc(Cl)c(Cl)c2)nc(C(C)(C)C)n1. The molecule has 1 aromatic carbocycles. The van der Waals surface area contributed by atoms with Crippen molar-refractivity contribution in [1.82, 2.24) is 9.97 Å². The van der Waals surface area contributed by atoms with Gasteiger partial charge in [0.05, 0.1) is 10.0 Å². The van der Waals surface area contributed by atoms with E-state index in [9.17, 15) is 0 Å². The second kappa shape index (κ2) is 6.42. The molecule has 0 unspecified atom stereocenters. The summed E-state index contributed by atoms with van der Waals surface area (Å²) in [6, 6.07) is 7.47. The van der Waals surface area contributed by atoms with Crippen LogP contribution in [-0.2, 0) is 5.41 Å². The first-order valence-corrected chi connectivity index (χ1v) is 8.07. The molecule has 0 bridgehead atoms. The fraction of sp³-hybridized carbons (Fsp3) is 0.333. The van der Waals surface area contributed by atoms with Crippen molar-refractivity contribution in [2.75, 3.05) is 12.4 Å². The van der Waals surface area contributed by atoms with Crippen molar-refractivity contribution in [3.8, 4) is 0 Å². The van der Waals surface area contributed by atoms with Crippen LogP contribution in [0, 0.1) is 0 Å². The maximum atomic E-state index is 6.05. The summed E-state index contributed by atoms with van der Waals surface area (Å²) in [7, 11) is 1.85. The van der Waals surface area contributed by atoms with E-state index in [2.05, 4.69) is 36.1 Å². The first kappa shape index (κ1) is 16.4. The average molecular weight is 342 g/mol. The van der Waals surface area contributed by atoms with Crippen molar-refractivity contribution < 1.29 is 0 Å². The van der Waals surface area contributed by atoms with Crippen LogP contribution in [0.5, 0.6) is 0 Å². The fourth-order valence-electron chi connectivity index (χ4n) is 1.60. The molecule has 0 spiro atoms. The lowest BCUT2D eigenvalue weighted by molar-refractivity contribution is 0.539. The summed E-state index contributed by atoms with van der Waals surface area (Å²) in [6.45, 7) is 6.28. The molecule has 0 aliphatic carbocycles. The molecule has 1 heterocycles. The average Bonchev–Trinajstić information content (AvgIpc) is 2.41. The topological polar surface area (TPSA) is 37.8 Å². The predicted molar refractivity (Wildman–Crippen MR) is 90.9 cm³/mol. The highest BCUT2D eigenvalue weighted by Gasteiger charge is 2.19. The number of halogens is 2. The van der Waals surface area contributed by atoms with Crippen molar-refractivity contribution in [3.05, 3.63) is 40.1 Å². The molecule has 3 nitrogen and oxygen atoms in total. The fourth-order valence-corrected chi connectivity index (χ4v) is 2.82. The molecule has 6 heteroatoms. The van der Waals surface area contributed by atoms with Crippen LogP contribution in [0.25, 0.3) is 0 Å². The van der Waals surface area contributed by atoms with Gasteiger partial charge in [-0.2, -0.15) is 0 Å². The number of aromatic nitrogens is 2. The van der Waals surface area contributed by atoms with E-state index in [4.69, 9.17) is 23.2 Å². The smallest absolute Gasteiger partial charge is 0.137 e. The van der Waals surface area contributed by atoms with Gasteiger partial charge in [0.25, 0.3) is 0 Å². The Bertz CT molecular complexity index is 654. The lowest BCUT2D eigenvalue weighted by Gasteiger charge is -2.18. The van der Waals surface area contributed by atoms with Crippen LogP contribution in [0.1, 0.15) is 26.6 Å². The predicted octanol–water partition coefficient (Wildman–Crippen LogP) is 5.27. The van der Waals surface area contributed by atoms with Gasteiger partial charge in [-0.3, -0.25) is 0 Å². The van der Waals surface area contributed by atoms with Gasteiger partial charge in [-0.05, 0) is 18.2 Å². The summed E-state index contributed by atoms with van der Waals surface area (Å²) in [5.74, 6) is 1.61. The van der Waals surface area contributed by atoms with Crippen LogP contribution in [0.4, 0.5) is 5.82 Å². The van der Waals surface area contributed by atoms with E-state index in [1.165, 1.54) is 11.8 Å². The Morgan fingerprint density at radius 1 is 1.05 bits per heavy atom. The third kappa shape index (κ3) is 4.25. The monoisotopic (exact) mass is 341 g/mol. The van der Waals surface area contributed by atoms with Crippen molar-refractivity contribution >= 4 is 40.8 Å². The molecule has 0 amide bonds. The summed E-state index contributed by atoms with van der Waals surface area (Å²) >= 11 is 13.5. The van der Waals surface area contributed by atoms with E-state index in [-0.39, 0.29) is 5.41 Å². The molecular formula is C15H17Cl2N3S. The van der Waals surface area contributed by atoms with Crippen LogP contribution in [-0.4, -0.2) is 17.0 Å². The van der Waals surface area contributed by atoms with Gasteiger partial charge in [-0.15, -0.1) is 0 Å². The van der Waals surface area contributed by atoms with E-state index >= 15 is 0 Å². The minimum Gasteiger partial charge on any atom is -0.373 e. The number of nitrogens with zero attached hydrogens (tertiary/aromatic N) is 2. The zero-order valence-electron chi connectivity index (χ0n) is 12.4. The normalized spacial score (nSPS) is 11.5. The molecular weight excluding hydrogens is 325 g/mol. The second-order valence-electron chi connectivity index (χ2n) is 5.59. The van der Waals surface area contributed by atoms with Crippen LogP contribution < -0.4 is 5.32 Å². The summed E-state index contributed by atoms with van der Waals surface area (Å²) in [5.41, 5.74) is -0.111. The molecule has 0 saturated carbocycles. The molecule has 0 radical (unpaired) electrons. The minimum atomic E-state index is -0.111. The molecule has 0 fully saturated rings. The van der Waals surface area contributed by atoms with E-state index < -0.39 is 0 Å². The number of hydrogen-bond donors (Lipinski definition) is 1. The van der Waals surface area contributed by atoms with Crippen LogP contribution >= 0.6 is 35.0 Å². The lowest BCUT2D eigenvalue weighted by atomic mass is 9.96. The van der Waals surface area contributed by atoms with Crippen molar-refractivity contribution in [3.63, 3.8) is 0 Å². The molecule has 0 saturated heterocycles. The quantitative estimate of drug-likeness (QED) is 0.771. The maximum absolute atomic E-state index is 6.05. The zero-order valence-corrected chi connectivity index (χ0v) is 14.7. The van der Waals surface area contributed by atoms with Crippen molar-refractivity contribution in [2.45, 2.75) is 36.1 Å². The third-order valence-electron chi connectivity index (χ3n) is 2.74. The van der Waals surface area contributed by atoms with E-state index in [1.807, 2.05) is 25.2 Å². The molecule has 21 heavy (non-hydrogen) atoms. The number of anilines is 1. The van der Waals surface area contributed by atoms with E-state index in [1.54, 1.807) is 6.07 Å². The Hall–Kier alpha value is -0.970. The minimum absolute atomic E-state index is 0.111. The van der Waals surface area contributed by atoms with Crippen LogP contribution in [0.2, 0.25) is 10.0 Å². The molecule has 2 rings (SSSR count). The van der Waals surface area contributed by atoms with Gasteiger partial charge in [-0.25, -0.2) is 9.97 Å². The lowest BCUT2D eigenvalue weighted by Crippen LogP contribution is -2.17. The largest absolute Gasteiger partial charge is 0.373 e. The summed E-state index contributed by atoms with van der Waals surface area (Å²) in [4.78, 5) is 10.1. The number of hydrogen-bond acceptors (Lipinski definition) is 4. The number of nitrogens with one attached hydrogen (secondary N) is 1. The van der Waals surface area contributed by atoms with Gasteiger partial charge < -0.3 is 5.32 Å². The standard InChI is InChI=1S/C15H17Cl2N3S/c1-15(2,3)14-19-12(18-4)8-13(20-14)21-9-5-6-10(16)11(17)7-9/h5-8H,1-4H3,(H,18,19,20).